The molecule has 1 aliphatic heterocycles. The maximum absolute atomic E-state index is 3.83. The predicted octanol–water partition coefficient (Wildman–Crippen LogP) is 3.99. The van der Waals surface area contributed by atoms with E-state index in [1.807, 2.05) is 6.08 Å². The Morgan fingerprint density at radius 1 is 1.40 bits per heavy atom. The topological polar surface area (TPSA) is 3.24 Å². The largest absolute Gasteiger partial charge is 0.368 e. The van der Waals surface area contributed by atoms with Crippen molar-refractivity contribution in [3.8, 4) is 0 Å². The van der Waals surface area contributed by atoms with Crippen LogP contribution in [-0.2, 0) is 0 Å². The van der Waals surface area contributed by atoms with Crippen LogP contribution in [0.25, 0.3) is 0 Å². The quantitative estimate of drug-likeness (QED) is 0.747. The molecule has 1 aliphatic rings. The summed E-state index contributed by atoms with van der Waals surface area (Å²) in [6.45, 7) is 5.01. The summed E-state index contributed by atoms with van der Waals surface area (Å²) in [7, 11) is 0. The Morgan fingerprint density at radius 2 is 2.13 bits per heavy atom. The zero-order valence-electron chi connectivity index (χ0n) is 8.82. The Labute approximate surface area is 99.9 Å². The lowest BCUT2D eigenvalue weighted by Crippen LogP contribution is -2.28. The van der Waals surface area contributed by atoms with Gasteiger partial charge in [-0.1, -0.05) is 22.0 Å². The van der Waals surface area contributed by atoms with Crippen molar-refractivity contribution >= 4 is 21.6 Å². The van der Waals surface area contributed by atoms with Crippen LogP contribution in [0.3, 0.4) is 0 Å². The fourth-order valence-electron chi connectivity index (χ4n) is 2.25. The van der Waals surface area contributed by atoms with Crippen LogP contribution < -0.4 is 4.90 Å². The van der Waals surface area contributed by atoms with Gasteiger partial charge in [0.25, 0.3) is 0 Å². The molecule has 1 nitrogen and oxygen atoms in total. The van der Waals surface area contributed by atoms with Crippen molar-refractivity contribution in [2.45, 2.75) is 25.3 Å². The smallest absolute Gasteiger partial charge is 0.0369 e. The fraction of sp³-hybridized carbons (Fsp3) is 0.385. The van der Waals surface area contributed by atoms with E-state index in [1.54, 1.807) is 0 Å². The maximum atomic E-state index is 3.83. The minimum Gasteiger partial charge on any atom is -0.368 e. The van der Waals surface area contributed by atoms with Gasteiger partial charge in [-0.15, -0.1) is 6.58 Å². The van der Waals surface area contributed by atoms with Gasteiger partial charge in [0.05, 0.1) is 0 Å². The Morgan fingerprint density at radius 3 is 2.80 bits per heavy atom. The zero-order valence-corrected chi connectivity index (χ0v) is 10.4. The third kappa shape index (κ3) is 2.43. The first-order valence-electron chi connectivity index (χ1n) is 5.44. The van der Waals surface area contributed by atoms with Crippen LogP contribution in [0.4, 0.5) is 5.69 Å². The highest BCUT2D eigenvalue weighted by molar-refractivity contribution is 9.10. The van der Waals surface area contributed by atoms with Gasteiger partial charge in [-0.05, 0) is 43.5 Å². The average Bonchev–Trinajstić information content (AvgIpc) is 2.68. The van der Waals surface area contributed by atoms with Gasteiger partial charge in [0, 0.05) is 22.7 Å². The lowest BCUT2D eigenvalue weighted by molar-refractivity contribution is 0.678. The van der Waals surface area contributed by atoms with E-state index in [1.165, 1.54) is 25.1 Å². The molecule has 15 heavy (non-hydrogen) atoms. The van der Waals surface area contributed by atoms with Crippen molar-refractivity contribution in [2.75, 3.05) is 11.4 Å². The van der Waals surface area contributed by atoms with Crippen LogP contribution in [0.15, 0.2) is 41.4 Å². The minimum atomic E-state index is 0.656. The van der Waals surface area contributed by atoms with E-state index in [2.05, 4.69) is 51.7 Å². The van der Waals surface area contributed by atoms with Crippen LogP contribution >= 0.6 is 15.9 Å². The molecule has 1 atom stereocenters. The Kier molecular flexibility index (Phi) is 3.47. The normalized spacial score (nSPS) is 20.6. The van der Waals surface area contributed by atoms with Crippen LogP contribution in [0, 0.1) is 0 Å². The molecular formula is C13H16BrN. The summed E-state index contributed by atoms with van der Waals surface area (Å²) in [5, 5.41) is 0. The summed E-state index contributed by atoms with van der Waals surface area (Å²) in [4.78, 5) is 2.49. The summed E-state index contributed by atoms with van der Waals surface area (Å²) in [6, 6.07) is 9.25. The van der Waals surface area contributed by atoms with Crippen molar-refractivity contribution in [3.63, 3.8) is 0 Å². The molecule has 0 aliphatic carbocycles. The highest BCUT2D eigenvalue weighted by Gasteiger charge is 2.23. The molecule has 0 aromatic heterocycles. The number of nitrogens with zero attached hydrogens (tertiary/aromatic N) is 1. The molecule has 0 radical (unpaired) electrons. The van der Waals surface area contributed by atoms with Gasteiger partial charge in [0.15, 0.2) is 0 Å². The number of hydrogen-bond donors (Lipinski definition) is 0. The van der Waals surface area contributed by atoms with Gasteiger partial charge < -0.3 is 4.90 Å². The molecule has 1 aromatic rings. The third-order valence-corrected chi connectivity index (χ3v) is 3.50. The molecule has 0 spiro atoms. The Bertz CT molecular complexity index is 331. The minimum absolute atomic E-state index is 0.656. The summed E-state index contributed by atoms with van der Waals surface area (Å²) in [5.41, 5.74) is 1.34. The lowest BCUT2D eigenvalue weighted by Gasteiger charge is -2.26. The molecule has 80 valence electrons. The average molecular weight is 266 g/mol. The monoisotopic (exact) mass is 265 g/mol. The Hall–Kier alpha value is -0.760. The first-order valence-corrected chi connectivity index (χ1v) is 6.23. The fourth-order valence-corrected chi connectivity index (χ4v) is 2.51. The van der Waals surface area contributed by atoms with Crippen molar-refractivity contribution in [3.05, 3.63) is 41.4 Å². The van der Waals surface area contributed by atoms with E-state index in [4.69, 9.17) is 0 Å². The summed E-state index contributed by atoms with van der Waals surface area (Å²) < 4.78 is 1.14. The van der Waals surface area contributed by atoms with Crippen molar-refractivity contribution in [1.29, 1.82) is 0 Å². The second kappa shape index (κ2) is 4.84. The second-order valence-corrected chi connectivity index (χ2v) is 4.91. The number of anilines is 1. The molecule has 2 heteroatoms. The van der Waals surface area contributed by atoms with Crippen LogP contribution in [0.2, 0.25) is 0 Å². The molecule has 0 saturated carbocycles. The van der Waals surface area contributed by atoms with Gasteiger partial charge in [-0.25, -0.2) is 0 Å². The maximum Gasteiger partial charge on any atom is 0.0369 e. The van der Waals surface area contributed by atoms with E-state index in [9.17, 15) is 0 Å². The summed E-state index contributed by atoms with van der Waals surface area (Å²) in [5.74, 6) is 0. The molecule has 1 unspecified atom stereocenters. The molecule has 2 rings (SSSR count). The number of rotatable bonds is 3. The Balaban J connectivity index is 2.15. The molecule has 1 saturated heterocycles. The molecule has 0 N–H and O–H groups in total. The van der Waals surface area contributed by atoms with E-state index >= 15 is 0 Å². The lowest BCUT2D eigenvalue weighted by atomic mass is 10.1. The van der Waals surface area contributed by atoms with Crippen molar-refractivity contribution in [1.82, 2.24) is 0 Å². The molecule has 1 heterocycles. The van der Waals surface area contributed by atoms with Crippen LogP contribution in [0.1, 0.15) is 19.3 Å². The van der Waals surface area contributed by atoms with E-state index in [0.29, 0.717) is 6.04 Å². The van der Waals surface area contributed by atoms with E-state index in [0.717, 1.165) is 10.9 Å². The first-order chi connectivity index (χ1) is 7.31. The number of benzene rings is 1. The summed E-state index contributed by atoms with van der Waals surface area (Å²) in [6.07, 6.45) is 5.72. The first kappa shape index (κ1) is 10.7. The van der Waals surface area contributed by atoms with Gasteiger partial charge in [-0.3, -0.25) is 0 Å². The molecule has 1 aromatic carbocycles. The number of hydrogen-bond acceptors (Lipinski definition) is 1. The van der Waals surface area contributed by atoms with Gasteiger partial charge >= 0.3 is 0 Å². The summed E-state index contributed by atoms with van der Waals surface area (Å²) >= 11 is 3.47. The molecular weight excluding hydrogens is 250 g/mol. The predicted molar refractivity (Wildman–Crippen MR) is 69.3 cm³/mol. The zero-order chi connectivity index (χ0) is 10.7. The van der Waals surface area contributed by atoms with Crippen LogP contribution in [-0.4, -0.2) is 12.6 Å². The van der Waals surface area contributed by atoms with Crippen LogP contribution in [0.5, 0.6) is 0 Å². The van der Waals surface area contributed by atoms with Gasteiger partial charge in [0.2, 0.25) is 0 Å². The second-order valence-electron chi connectivity index (χ2n) is 3.99. The van der Waals surface area contributed by atoms with E-state index < -0.39 is 0 Å². The molecule has 0 bridgehead atoms. The number of halogens is 1. The molecule has 1 fully saturated rings. The van der Waals surface area contributed by atoms with E-state index in [-0.39, 0.29) is 0 Å². The van der Waals surface area contributed by atoms with Crippen molar-refractivity contribution in [2.24, 2.45) is 0 Å². The highest BCUT2D eigenvalue weighted by Crippen LogP contribution is 2.28. The highest BCUT2D eigenvalue weighted by atomic mass is 79.9. The SMILES string of the molecule is C=CCC1CCCN1c1ccc(Br)cc1. The van der Waals surface area contributed by atoms with Crippen molar-refractivity contribution < 1.29 is 0 Å². The third-order valence-electron chi connectivity index (χ3n) is 2.97. The standard InChI is InChI=1S/C13H16BrN/c1-2-4-12-5-3-10-15(12)13-8-6-11(14)7-9-13/h2,6-9,12H,1,3-5,10H2. The molecule has 0 amide bonds. The van der Waals surface area contributed by atoms with Gasteiger partial charge in [0.1, 0.15) is 0 Å². The van der Waals surface area contributed by atoms with Gasteiger partial charge in [-0.2, -0.15) is 0 Å².